The second-order valence-corrected chi connectivity index (χ2v) is 12.4. The molecule has 1 aliphatic heterocycles. The van der Waals surface area contributed by atoms with Crippen LogP contribution in [0.2, 0.25) is 5.02 Å². The fourth-order valence-corrected chi connectivity index (χ4v) is 7.01. The van der Waals surface area contributed by atoms with E-state index in [1.807, 2.05) is 71.3 Å². The van der Waals surface area contributed by atoms with Crippen molar-refractivity contribution in [2.24, 2.45) is 4.99 Å². The Labute approximate surface area is 254 Å². The van der Waals surface area contributed by atoms with Gasteiger partial charge in [-0.15, -0.1) is 0 Å². The molecule has 0 saturated heterocycles. The van der Waals surface area contributed by atoms with Crippen LogP contribution in [0.3, 0.4) is 0 Å². The molecule has 0 N–H and O–H groups in total. The van der Waals surface area contributed by atoms with Gasteiger partial charge in [0.05, 0.1) is 16.3 Å². The van der Waals surface area contributed by atoms with Gasteiger partial charge in [0.1, 0.15) is 12.4 Å². The summed E-state index contributed by atoms with van der Waals surface area (Å²) in [6.07, 6.45) is 3.75. The minimum absolute atomic E-state index is 0.0221. The highest BCUT2D eigenvalue weighted by Crippen LogP contribution is 2.41. The first-order chi connectivity index (χ1) is 20.0. The Bertz CT molecular complexity index is 1990. The standard InChI is InChI=1S/C34H24BrClN2O2S/c35-25-14-11-23(12-15-25)32-28-18-13-22-5-1-3-7-27(22)31(28)37-34-38(32)33(39)30(41-34)19-21-9-16-26(17-10-21)40-20-24-6-2-4-8-29(24)36/h1-12,14-17,19,32H,13,18,20H2/b30-19+/t32-/m1/s1. The highest BCUT2D eigenvalue weighted by atomic mass is 79.9. The molecule has 0 saturated carbocycles. The average Bonchev–Trinajstić information content (AvgIpc) is 3.31. The molecule has 4 aromatic carbocycles. The molecule has 0 bridgehead atoms. The number of thiazole rings is 1. The van der Waals surface area contributed by atoms with Crippen LogP contribution in [0.1, 0.15) is 40.3 Å². The number of fused-ring (bicyclic) bond motifs is 3. The summed E-state index contributed by atoms with van der Waals surface area (Å²) in [4.78, 5) is 19.8. The number of rotatable bonds is 5. The fraction of sp³-hybridized carbons (Fsp3) is 0.118. The lowest BCUT2D eigenvalue weighted by Crippen LogP contribution is -2.38. The van der Waals surface area contributed by atoms with Gasteiger partial charge in [-0.25, -0.2) is 4.99 Å². The van der Waals surface area contributed by atoms with Crippen LogP contribution in [0, 0.1) is 0 Å². The summed E-state index contributed by atoms with van der Waals surface area (Å²) < 4.78 is 9.49. The van der Waals surface area contributed by atoms with Crippen LogP contribution in [-0.2, 0) is 13.0 Å². The highest BCUT2D eigenvalue weighted by Gasteiger charge is 2.32. The molecule has 0 radical (unpaired) electrons. The number of hydrogen-bond acceptors (Lipinski definition) is 4. The molecular formula is C34H24BrClN2O2S. The van der Waals surface area contributed by atoms with Crippen LogP contribution in [0.5, 0.6) is 5.75 Å². The molecule has 7 heteroatoms. The van der Waals surface area contributed by atoms with E-state index < -0.39 is 0 Å². The molecule has 4 nitrogen and oxygen atoms in total. The molecule has 2 heterocycles. The number of aromatic nitrogens is 1. The molecule has 0 amide bonds. The largest absolute Gasteiger partial charge is 0.489 e. The van der Waals surface area contributed by atoms with Gasteiger partial charge in [0, 0.05) is 20.6 Å². The maximum Gasteiger partial charge on any atom is 0.271 e. The van der Waals surface area contributed by atoms with Crippen molar-refractivity contribution >= 4 is 50.6 Å². The second kappa shape index (κ2) is 10.9. The molecule has 0 unspecified atom stereocenters. The summed E-state index contributed by atoms with van der Waals surface area (Å²) in [5.41, 5.74) is 7.60. The van der Waals surface area contributed by atoms with Crippen molar-refractivity contribution in [2.75, 3.05) is 0 Å². The number of aryl methyl sites for hydroxylation is 1. The van der Waals surface area contributed by atoms with Crippen molar-refractivity contribution in [1.29, 1.82) is 0 Å². The van der Waals surface area contributed by atoms with Crippen LogP contribution in [0.15, 0.2) is 117 Å². The number of hydrogen-bond donors (Lipinski definition) is 0. The smallest absolute Gasteiger partial charge is 0.271 e. The summed E-state index contributed by atoms with van der Waals surface area (Å²) in [5, 5.41) is 0.686. The summed E-state index contributed by atoms with van der Waals surface area (Å²) >= 11 is 11.3. The third-order valence-corrected chi connectivity index (χ3v) is 9.47. The third kappa shape index (κ3) is 5.01. The summed E-state index contributed by atoms with van der Waals surface area (Å²) in [7, 11) is 0. The molecule has 41 heavy (non-hydrogen) atoms. The quantitative estimate of drug-likeness (QED) is 0.202. The fourth-order valence-electron chi connectivity index (χ4n) is 5.56. The van der Waals surface area contributed by atoms with Crippen molar-refractivity contribution in [3.63, 3.8) is 0 Å². The SMILES string of the molecule is O=c1/c(=C\c2ccc(OCc3ccccc3Cl)cc2)sc2n1[C@H](c1ccc(Br)cc1)C1=C(N=2)c2ccccc2CC1. The van der Waals surface area contributed by atoms with Gasteiger partial charge in [-0.1, -0.05) is 106 Å². The minimum atomic E-state index is -0.189. The molecule has 1 aliphatic carbocycles. The Morgan fingerprint density at radius 2 is 1.71 bits per heavy atom. The van der Waals surface area contributed by atoms with Gasteiger partial charge < -0.3 is 4.74 Å². The van der Waals surface area contributed by atoms with E-state index in [0.717, 1.165) is 50.3 Å². The Kier molecular flexibility index (Phi) is 6.99. The molecule has 1 aromatic heterocycles. The predicted molar refractivity (Wildman–Crippen MR) is 169 cm³/mol. The molecule has 1 atom stereocenters. The van der Waals surface area contributed by atoms with E-state index in [1.165, 1.54) is 28.0 Å². The van der Waals surface area contributed by atoms with Crippen molar-refractivity contribution in [3.05, 3.63) is 160 Å². The van der Waals surface area contributed by atoms with Crippen molar-refractivity contribution in [1.82, 2.24) is 4.57 Å². The lowest BCUT2D eigenvalue weighted by molar-refractivity contribution is 0.306. The van der Waals surface area contributed by atoms with E-state index in [2.05, 4.69) is 52.3 Å². The number of benzene rings is 4. The van der Waals surface area contributed by atoms with Gasteiger partial charge >= 0.3 is 0 Å². The maximum atomic E-state index is 14.0. The van der Waals surface area contributed by atoms with E-state index in [9.17, 15) is 4.79 Å². The number of allylic oxidation sites excluding steroid dienone is 1. The van der Waals surface area contributed by atoms with Crippen LogP contribution >= 0.6 is 38.9 Å². The molecule has 5 aromatic rings. The van der Waals surface area contributed by atoms with Crippen LogP contribution in [0.4, 0.5) is 0 Å². The van der Waals surface area contributed by atoms with Crippen LogP contribution in [0.25, 0.3) is 11.8 Å². The first-order valence-electron chi connectivity index (χ1n) is 13.4. The molecule has 0 spiro atoms. The first kappa shape index (κ1) is 26.2. The lowest BCUT2D eigenvalue weighted by Gasteiger charge is -2.30. The zero-order valence-electron chi connectivity index (χ0n) is 21.9. The van der Waals surface area contributed by atoms with Gasteiger partial charge in [-0.2, -0.15) is 0 Å². The van der Waals surface area contributed by atoms with E-state index in [4.69, 9.17) is 21.3 Å². The predicted octanol–water partition coefficient (Wildman–Crippen LogP) is 7.31. The molecule has 0 fully saturated rings. The van der Waals surface area contributed by atoms with E-state index in [1.54, 1.807) is 0 Å². The van der Waals surface area contributed by atoms with Gasteiger partial charge in [-0.3, -0.25) is 9.36 Å². The van der Waals surface area contributed by atoms with Crippen molar-refractivity contribution < 1.29 is 4.74 Å². The Balaban J connectivity index is 1.27. The second-order valence-electron chi connectivity index (χ2n) is 10.1. The monoisotopic (exact) mass is 638 g/mol. The van der Waals surface area contributed by atoms with Crippen molar-refractivity contribution in [2.45, 2.75) is 25.5 Å². The van der Waals surface area contributed by atoms with Gasteiger partial charge in [0.25, 0.3) is 5.56 Å². The van der Waals surface area contributed by atoms with Crippen molar-refractivity contribution in [3.8, 4) is 5.75 Å². The topological polar surface area (TPSA) is 43.6 Å². The number of halogens is 2. The van der Waals surface area contributed by atoms with Gasteiger partial charge in [-0.05, 0) is 71.5 Å². The summed E-state index contributed by atoms with van der Waals surface area (Å²) in [5.74, 6) is 0.741. The number of nitrogens with zero attached hydrogens (tertiary/aromatic N) is 2. The van der Waals surface area contributed by atoms with Gasteiger partial charge in [0.2, 0.25) is 0 Å². The van der Waals surface area contributed by atoms with Crippen LogP contribution < -0.4 is 19.6 Å². The zero-order valence-corrected chi connectivity index (χ0v) is 25.0. The Hall–Kier alpha value is -3.71. The first-order valence-corrected chi connectivity index (χ1v) is 15.4. The van der Waals surface area contributed by atoms with Gasteiger partial charge in [0.15, 0.2) is 4.80 Å². The Morgan fingerprint density at radius 3 is 2.51 bits per heavy atom. The molecular weight excluding hydrogens is 616 g/mol. The highest BCUT2D eigenvalue weighted by molar-refractivity contribution is 9.10. The third-order valence-electron chi connectivity index (χ3n) is 7.59. The average molecular weight is 640 g/mol. The molecule has 7 rings (SSSR count). The zero-order chi connectivity index (χ0) is 27.9. The van der Waals surface area contributed by atoms with E-state index in [-0.39, 0.29) is 11.6 Å². The van der Waals surface area contributed by atoms with E-state index in [0.29, 0.717) is 16.2 Å². The molecule has 202 valence electrons. The summed E-state index contributed by atoms with van der Waals surface area (Å²) in [6, 6.07) is 32.0. The minimum Gasteiger partial charge on any atom is -0.489 e. The summed E-state index contributed by atoms with van der Waals surface area (Å²) in [6.45, 7) is 0.390. The van der Waals surface area contributed by atoms with Crippen LogP contribution in [-0.4, -0.2) is 4.57 Å². The number of ether oxygens (including phenoxy) is 1. The lowest BCUT2D eigenvalue weighted by atomic mass is 9.83. The Morgan fingerprint density at radius 1 is 0.951 bits per heavy atom. The molecule has 2 aliphatic rings. The normalized spacial score (nSPS) is 16.0. The maximum absolute atomic E-state index is 14.0. The van der Waals surface area contributed by atoms with E-state index >= 15 is 0 Å².